The van der Waals surface area contributed by atoms with Gasteiger partial charge in [0.1, 0.15) is 11.9 Å². The number of hydrogen-bond acceptors (Lipinski definition) is 4. The van der Waals surface area contributed by atoms with E-state index in [2.05, 4.69) is 10.6 Å². The van der Waals surface area contributed by atoms with Crippen LogP contribution >= 0.6 is 0 Å². The van der Waals surface area contributed by atoms with Gasteiger partial charge in [-0.25, -0.2) is 0 Å². The quantitative estimate of drug-likeness (QED) is 0.194. The number of carbonyl (C=O) groups is 2. The van der Waals surface area contributed by atoms with Crippen molar-refractivity contribution in [2.75, 3.05) is 19.6 Å². The van der Waals surface area contributed by atoms with Crippen LogP contribution in [0.5, 0.6) is 0 Å². The molecule has 1 saturated carbocycles. The number of nitrogens with zero attached hydrogens (tertiary/aromatic N) is 1. The summed E-state index contributed by atoms with van der Waals surface area (Å²) in [5.74, 6) is -0.158. The van der Waals surface area contributed by atoms with Crippen LogP contribution in [-0.4, -0.2) is 54.2 Å². The van der Waals surface area contributed by atoms with Crippen LogP contribution in [0.15, 0.2) is 48.5 Å². The summed E-state index contributed by atoms with van der Waals surface area (Å²) in [6.45, 7) is 4.03. The molecule has 1 aliphatic heterocycles. The lowest BCUT2D eigenvalue weighted by Crippen LogP contribution is -2.53. The van der Waals surface area contributed by atoms with Crippen LogP contribution in [0.1, 0.15) is 73.1 Å². The number of carbonyl (C=O) groups excluding carboxylic acids is 2. The average Bonchev–Trinajstić information content (AvgIpc) is 2.98. The first kappa shape index (κ1) is 30.1. The van der Waals surface area contributed by atoms with E-state index in [9.17, 15) is 9.59 Å². The minimum atomic E-state index is -0.577. The number of nitrogens with two attached hydrogens (primary N) is 2. The number of nitrogen functional groups attached to an aromatic ring is 1. The van der Waals surface area contributed by atoms with Gasteiger partial charge in [-0.15, -0.1) is 0 Å². The summed E-state index contributed by atoms with van der Waals surface area (Å²) in [5, 5.41) is 21.7. The molecule has 1 aliphatic carbocycles. The van der Waals surface area contributed by atoms with Crippen molar-refractivity contribution >= 4 is 23.6 Å². The highest BCUT2D eigenvalue weighted by Gasteiger charge is 2.34. The fraction of sp³-hybridized carbons (Fsp3) is 0.500. The number of amides is 2. The number of piperidine rings is 1. The maximum Gasteiger partial charge on any atom is 0.242 e. The summed E-state index contributed by atoms with van der Waals surface area (Å²) in [6.07, 6.45) is 7.37. The Bertz CT molecular complexity index is 1210. The van der Waals surface area contributed by atoms with Crippen molar-refractivity contribution in [3.63, 3.8) is 0 Å². The van der Waals surface area contributed by atoms with Gasteiger partial charge < -0.3 is 27.0 Å². The molecule has 2 atom stereocenters. The number of guanidine groups is 1. The summed E-state index contributed by atoms with van der Waals surface area (Å²) in [6, 6.07) is 14.8. The lowest BCUT2D eigenvalue weighted by molar-refractivity contribution is -0.131. The van der Waals surface area contributed by atoms with Gasteiger partial charge in [0.2, 0.25) is 11.8 Å². The molecule has 2 aromatic rings. The molecule has 4 rings (SSSR count). The van der Waals surface area contributed by atoms with E-state index in [4.69, 9.17) is 22.3 Å². The summed E-state index contributed by atoms with van der Waals surface area (Å²) < 4.78 is 0. The first-order valence-corrected chi connectivity index (χ1v) is 14.9. The zero-order valence-electron chi connectivity index (χ0n) is 24.1. The highest BCUT2D eigenvalue weighted by atomic mass is 16.2. The van der Waals surface area contributed by atoms with Gasteiger partial charge in [-0.2, -0.15) is 0 Å². The predicted molar refractivity (Wildman–Crippen MR) is 163 cm³/mol. The monoisotopic (exact) mass is 559 g/mol. The second kappa shape index (κ2) is 14.1. The second-order valence-electron chi connectivity index (χ2n) is 11.7. The second-order valence-corrected chi connectivity index (χ2v) is 11.7. The normalized spacial score (nSPS) is 17.8. The Balaban J connectivity index is 1.50. The van der Waals surface area contributed by atoms with E-state index in [0.29, 0.717) is 24.4 Å². The number of likely N-dealkylation sites (tertiary alicyclic amines) is 1. The molecule has 0 spiro atoms. The van der Waals surface area contributed by atoms with Crippen molar-refractivity contribution in [1.29, 1.82) is 10.8 Å². The Hall–Kier alpha value is -3.88. The summed E-state index contributed by atoms with van der Waals surface area (Å²) in [5.41, 5.74) is 14.9. The first-order valence-electron chi connectivity index (χ1n) is 14.9. The molecule has 220 valence electrons. The molecule has 1 saturated heterocycles. The number of amidine groups is 1. The van der Waals surface area contributed by atoms with E-state index < -0.39 is 12.0 Å². The summed E-state index contributed by atoms with van der Waals surface area (Å²) >= 11 is 0. The maximum absolute atomic E-state index is 14.1. The van der Waals surface area contributed by atoms with Crippen molar-refractivity contribution < 1.29 is 9.59 Å². The van der Waals surface area contributed by atoms with Crippen molar-refractivity contribution in [1.82, 2.24) is 15.5 Å². The van der Waals surface area contributed by atoms with Gasteiger partial charge in [-0.3, -0.25) is 20.4 Å². The number of rotatable bonds is 10. The van der Waals surface area contributed by atoms with Crippen molar-refractivity contribution in [3.8, 4) is 0 Å². The third-order valence-electron chi connectivity index (χ3n) is 8.81. The third-order valence-corrected chi connectivity index (χ3v) is 8.81. The Kier molecular flexibility index (Phi) is 10.4. The maximum atomic E-state index is 14.1. The molecule has 2 fully saturated rings. The molecule has 2 amide bonds. The molecule has 41 heavy (non-hydrogen) atoms. The van der Waals surface area contributed by atoms with Gasteiger partial charge in [-0.1, -0.05) is 67.8 Å². The number of hydrogen-bond donors (Lipinski definition) is 6. The third kappa shape index (κ3) is 8.08. The van der Waals surface area contributed by atoms with Crippen LogP contribution in [0, 0.1) is 29.6 Å². The minimum absolute atomic E-state index is 0.00971. The summed E-state index contributed by atoms with van der Waals surface area (Å²) in [7, 11) is 0. The van der Waals surface area contributed by atoms with Gasteiger partial charge in [0.05, 0.1) is 5.92 Å². The van der Waals surface area contributed by atoms with Crippen LogP contribution in [0.4, 0.5) is 0 Å². The van der Waals surface area contributed by atoms with E-state index in [0.717, 1.165) is 74.7 Å². The lowest BCUT2D eigenvalue weighted by Gasteiger charge is -2.34. The van der Waals surface area contributed by atoms with Gasteiger partial charge in [0, 0.05) is 25.2 Å². The molecule has 2 aliphatic rings. The zero-order chi connectivity index (χ0) is 29.4. The molecule has 0 bridgehead atoms. The average molecular weight is 560 g/mol. The van der Waals surface area contributed by atoms with E-state index >= 15 is 0 Å². The van der Waals surface area contributed by atoms with Crippen LogP contribution in [0.2, 0.25) is 0 Å². The predicted octanol–water partition coefficient (Wildman–Crippen LogP) is 3.39. The molecule has 9 heteroatoms. The topological polar surface area (TPSA) is 161 Å². The number of nitrogens with one attached hydrogen (secondary N) is 4. The van der Waals surface area contributed by atoms with E-state index in [1.165, 1.54) is 0 Å². The van der Waals surface area contributed by atoms with E-state index in [1.54, 1.807) is 0 Å². The fourth-order valence-electron chi connectivity index (χ4n) is 6.23. The molecular formula is C32H45N7O2. The molecule has 2 aromatic carbocycles. The summed E-state index contributed by atoms with van der Waals surface area (Å²) in [4.78, 5) is 29.6. The smallest absolute Gasteiger partial charge is 0.242 e. The highest BCUT2D eigenvalue weighted by Crippen LogP contribution is 2.29. The largest absolute Gasteiger partial charge is 0.384 e. The molecule has 0 aromatic heterocycles. The molecule has 0 radical (unpaired) electrons. The minimum Gasteiger partial charge on any atom is -0.384 e. The first-order chi connectivity index (χ1) is 19.7. The van der Waals surface area contributed by atoms with E-state index in [1.807, 2.05) is 60.4 Å². The van der Waals surface area contributed by atoms with Gasteiger partial charge >= 0.3 is 0 Å². The SMILES string of the molecule is Cc1ccccc1[C@H](Cc1ccc(C(=N)N)cc1)C(=O)NC(C(=O)NCC1CCN(C(=N)N)CC1)C1CCCCC1. The van der Waals surface area contributed by atoms with Crippen LogP contribution < -0.4 is 22.1 Å². The Morgan fingerprint density at radius 3 is 2.20 bits per heavy atom. The van der Waals surface area contributed by atoms with Gasteiger partial charge in [0.25, 0.3) is 0 Å². The Morgan fingerprint density at radius 2 is 1.59 bits per heavy atom. The lowest BCUT2D eigenvalue weighted by atomic mass is 9.82. The van der Waals surface area contributed by atoms with Gasteiger partial charge in [-0.05, 0) is 67.6 Å². The molecule has 1 unspecified atom stereocenters. The van der Waals surface area contributed by atoms with E-state index in [-0.39, 0.29) is 29.5 Å². The van der Waals surface area contributed by atoms with Crippen molar-refractivity contribution in [3.05, 3.63) is 70.8 Å². The standard InChI is InChI=1S/C32H45N7O2/c1-21-7-5-6-10-26(21)27(19-22-11-13-25(14-12-22)29(33)34)30(40)38-28(24-8-3-2-4-9-24)31(41)37-20-23-15-17-39(18-16-23)32(35)36/h5-7,10-14,23-24,27-28H,2-4,8-9,15-20H2,1H3,(H3,33,34)(H3,35,36)(H,37,41)(H,38,40)/t27-,28?/m0/s1. The molecule has 1 heterocycles. The van der Waals surface area contributed by atoms with Crippen LogP contribution in [-0.2, 0) is 16.0 Å². The fourth-order valence-corrected chi connectivity index (χ4v) is 6.23. The highest BCUT2D eigenvalue weighted by molar-refractivity contribution is 5.95. The Morgan fingerprint density at radius 1 is 0.927 bits per heavy atom. The number of benzene rings is 2. The molecule has 9 nitrogen and oxygen atoms in total. The van der Waals surface area contributed by atoms with Crippen molar-refractivity contribution in [2.45, 2.75) is 70.3 Å². The molecule has 8 N–H and O–H groups in total. The Labute approximate surface area is 243 Å². The van der Waals surface area contributed by atoms with Crippen LogP contribution in [0.3, 0.4) is 0 Å². The van der Waals surface area contributed by atoms with Crippen molar-refractivity contribution in [2.24, 2.45) is 23.3 Å². The van der Waals surface area contributed by atoms with Crippen LogP contribution in [0.25, 0.3) is 0 Å². The molecular weight excluding hydrogens is 514 g/mol. The van der Waals surface area contributed by atoms with Gasteiger partial charge in [0.15, 0.2) is 5.96 Å². The zero-order valence-corrected chi connectivity index (χ0v) is 24.1. The number of aryl methyl sites for hydroxylation is 1.